The minimum absolute atomic E-state index is 0.0840. The molecule has 0 heterocycles. The van der Waals surface area contributed by atoms with Crippen molar-refractivity contribution in [3.63, 3.8) is 0 Å². The van der Waals surface area contributed by atoms with Crippen molar-refractivity contribution in [2.45, 2.75) is 38.3 Å². The Hall–Kier alpha value is -1.30. The molecule has 3 N–H and O–H groups in total. The number of aliphatic carboxylic acids is 1. The van der Waals surface area contributed by atoms with Crippen LogP contribution in [-0.4, -0.2) is 42.9 Å². The molecule has 6 heteroatoms. The van der Waals surface area contributed by atoms with Crippen molar-refractivity contribution in [3.8, 4) is 0 Å². The van der Waals surface area contributed by atoms with Crippen molar-refractivity contribution in [2.75, 3.05) is 13.7 Å². The van der Waals surface area contributed by atoms with Gasteiger partial charge in [0.1, 0.15) is 6.04 Å². The lowest BCUT2D eigenvalue weighted by atomic mass is 10.2. The number of methoxy groups -OCH3 is 1. The van der Waals surface area contributed by atoms with E-state index in [0.29, 0.717) is 6.61 Å². The summed E-state index contributed by atoms with van der Waals surface area (Å²) in [5, 5.41) is 14.2. The van der Waals surface area contributed by atoms with E-state index < -0.39 is 18.0 Å². The Bertz CT molecular complexity index is 279. The van der Waals surface area contributed by atoms with E-state index in [0.717, 1.165) is 19.3 Å². The van der Waals surface area contributed by atoms with Gasteiger partial charge in [-0.1, -0.05) is 6.92 Å². The Balaban J connectivity index is 2.38. The summed E-state index contributed by atoms with van der Waals surface area (Å²) in [5.74, 6) is -0.886. The highest BCUT2D eigenvalue weighted by molar-refractivity contribution is 5.83. The van der Waals surface area contributed by atoms with E-state index in [9.17, 15) is 9.59 Å². The Morgan fingerprint density at radius 3 is 2.47 bits per heavy atom. The quantitative estimate of drug-likeness (QED) is 0.611. The van der Waals surface area contributed by atoms with Crippen LogP contribution in [0.4, 0.5) is 4.79 Å². The summed E-state index contributed by atoms with van der Waals surface area (Å²) in [5.41, 5.74) is 0. The molecule has 6 nitrogen and oxygen atoms in total. The number of ether oxygens (including phenoxy) is 1. The third kappa shape index (κ3) is 4.60. The predicted octanol–water partition coefficient (Wildman–Crippen LogP) is 0.574. The number of carbonyl (C=O) groups excluding carboxylic acids is 1. The van der Waals surface area contributed by atoms with Gasteiger partial charge in [-0.05, 0) is 25.2 Å². The predicted molar refractivity (Wildman–Crippen MR) is 61.8 cm³/mol. The van der Waals surface area contributed by atoms with Crippen molar-refractivity contribution in [1.29, 1.82) is 0 Å². The van der Waals surface area contributed by atoms with Gasteiger partial charge >= 0.3 is 12.0 Å². The van der Waals surface area contributed by atoms with Crippen LogP contribution in [0.1, 0.15) is 26.2 Å². The number of hydrogen-bond acceptors (Lipinski definition) is 3. The maximum atomic E-state index is 11.6. The standard InChI is InChI=1S/C11H20N2O4/c1-3-8(6-17-2)12-11(16)13-9(10(14)15)7-4-5-7/h7-9H,3-6H2,1-2H3,(H,14,15)(H2,12,13,16). The monoisotopic (exact) mass is 244 g/mol. The molecule has 2 atom stereocenters. The molecule has 0 saturated heterocycles. The molecular formula is C11H20N2O4. The molecular weight excluding hydrogens is 224 g/mol. The van der Waals surface area contributed by atoms with Crippen molar-refractivity contribution >= 4 is 12.0 Å². The lowest BCUT2D eigenvalue weighted by Gasteiger charge is -2.19. The Morgan fingerprint density at radius 2 is 2.06 bits per heavy atom. The van der Waals surface area contributed by atoms with Crippen LogP contribution in [0.15, 0.2) is 0 Å². The largest absolute Gasteiger partial charge is 0.480 e. The molecule has 0 aromatic carbocycles. The van der Waals surface area contributed by atoms with Crippen LogP contribution in [0.2, 0.25) is 0 Å². The van der Waals surface area contributed by atoms with Crippen molar-refractivity contribution in [1.82, 2.24) is 10.6 Å². The van der Waals surface area contributed by atoms with Crippen LogP contribution < -0.4 is 10.6 Å². The fraction of sp³-hybridized carbons (Fsp3) is 0.818. The minimum Gasteiger partial charge on any atom is -0.480 e. The van der Waals surface area contributed by atoms with E-state index in [1.165, 1.54) is 0 Å². The molecule has 1 aliphatic carbocycles. The first-order valence-electron chi connectivity index (χ1n) is 5.87. The summed E-state index contributed by atoms with van der Waals surface area (Å²) < 4.78 is 4.95. The molecule has 0 radical (unpaired) electrons. The van der Waals surface area contributed by atoms with Gasteiger partial charge in [0.25, 0.3) is 0 Å². The van der Waals surface area contributed by atoms with Crippen LogP contribution >= 0.6 is 0 Å². The zero-order valence-electron chi connectivity index (χ0n) is 10.2. The minimum atomic E-state index is -0.970. The molecule has 0 aromatic heterocycles. The number of amides is 2. The SMILES string of the molecule is CCC(COC)NC(=O)NC(C(=O)O)C1CC1. The number of carboxylic acid groups (broad SMARTS) is 1. The number of carbonyl (C=O) groups is 2. The zero-order chi connectivity index (χ0) is 12.8. The molecule has 2 amide bonds. The van der Waals surface area contributed by atoms with Crippen molar-refractivity contribution in [2.24, 2.45) is 5.92 Å². The highest BCUT2D eigenvalue weighted by atomic mass is 16.5. The maximum Gasteiger partial charge on any atom is 0.326 e. The van der Waals surface area contributed by atoms with Gasteiger partial charge in [-0.2, -0.15) is 0 Å². The van der Waals surface area contributed by atoms with E-state index in [-0.39, 0.29) is 12.0 Å². The van der Waals surface area contributed by atoms with Gasteiger partial charge in [0.15, 0.2) is 0 Å². The molecule has 1 saturated carbocycles. The molecule has 1 rings (SSSR count). The number of carboxylic acids is 1. The number of nitrogens with one attached hydrogen (secondary N) is 2. The molecule has 17 heavy (non-hydrogen) atoms. The summed E-state index contributed by atoms with van der Waals surface area (Å²) in [4.78, 5) is 22.5. The number of rotatable bonds is 7. The summed E-state index contributed by atoms with van der Waals surface area (Å²) in [6, 6.07) is -1.29. The molecule has 98 valence electrons. The van der Waals surface area contributed by atoms with Crippen LogP contribution in [-0.2, 0) is 9.53 Å². The van der Waals surface area contributed by atoms with E-state index >= 15 is 0 Å². The average molecular weight is 244 g/mol. The summed E-state index contributed by atoms with van der Waals surface area (Å²) >= 11 is 0. The average Bonchev–Trinajstić information content (AvgIpc) is 3.08. The Kier molecular flexibility index (Phi) is 5.21. The normalized spacial score (nSPS) is 18.2. The topological polar surface area (TPSA) is 87.7 Å². The van der Waals surface area contributed by atoms with Gasteiger partial charge in [0.05, 0.1) is 12.6 Å². The van der Waals surface area contributed by atoms with Gasteiger partial charge in [-0.3, -0.25) is 0 Å². The van der Waals surface area contributed by atoms with Crippen LogP contribution in [0.25, 0.3) is 0 Å². The van der Waals surface area contributed by atoms with Crippen molar-refractivity contribution in [3.05, 3.63) is 0 Å². The van der Waals surface area contributed by atoms with Gasteiger partial charge in [0.2, 0.25) is 0 Å². The second kappa shape index (κ2) is 6.44. The molecule has 0 spiro atoms. The number of urea groups is 1. The third-order valence-corrected chi connectivity index (χ3v) is 2.84. The molecule has 1 fully saturated rings. The second-order valence-corrected chi connectivity index (χ2v) is 4.33. The van der Waals surface area contributed by atoms with E-state index in [1.807, 2.05) is 6.92 Å². The summed E-state index contributed by atoms with van der Waals surface area (Å²) in [6.07, 6.45) is 2.47. The first kappa shape index (κ1) is 13.8. The smallest absolute Gasteiger partial charge is 0.326 e. The van der Waals surface area contributed by atoms with Crippen LogP contribution in [0.3, 0.4) is 0 Å². The third-order valence-electron chi connectivity index (χ3n) is 2.84. The van der Waals surface area contributed by atoms with Gasteiger partial charge < -0.3 is 20.5 Å². The molecule has 0 bridgehead atoms. The van der Waals surface area contributed by atoms with Crippen LogP contribution in [0, 0.1) is 5.92 Å². The van der Waals surface area contributed by atoms with E-state index in [4.69, 9.17) is 9.84 Å². The van der Waals surface area contributed by atoms with Gasteiger partial charge in [-0.15, -0.1) is 0 Å². The van der Waals surface area contributed by atoms with E-state index in [1.54, 1.807) is 7.11 Å². The van der Waals surface area contributed by atoms with Crippen LogP contribution in [0.5, 0.6) is 0 Å². The second-order valence-electron chi connectivity index (χ2n) is 4.33. The zero-order valence-corrected chi connectivity index (χ0v) is 10.2. The molecule has 1 aliphatic rings. The first-order valence-corrected chi connectivity index (χ1v) is 5.87. The van der Waals surface area contributed by atoms with Crippen molar-refractivity contribution < 1.29 is 19.4 Å². The number of hydrogen-bond donors (Lipinski definition) is 3. The molecule has 0 aliphatic heterocycles. The Morgan fingerprint density at radius 1 is 1.41 bits per heavy atom. The summed E-state index contributed by atoms with van der Waals surface area (Å²) in [6.45, 7) is 2.35. The molecule has 0 aromatic rings. The lowest BCUT2D eigenvalue weighted by molar-refractivity contribution is -0.139. The Labute approximate surface area is 101 Å². The fourth-order valence-corrected chi connectivity index (χ4v) is 1.64. The van der Waals surface area contributed by atoms with Gasteiger partial charge in [0, 0.05) is 7.11 Å². The highest BCUT2D eigenvalue weighted by Crippen LogP contribution is 2.32. The van der Waals surface area contributed by atoms with E-state index in [2.05, 4.69) is 10.6 Å². The fourth-order valence-electron chi connectivity index (χ4n) is 1.64. The summed E-state index contributed by atoms with van der Waals surface area (Å²) in [7, 11) is 1.56. The highest BCUT2D eigenvalue weighted by Gasteiger charge is 2.37. The maximum absolute atomic E-state index is 11.6. The first-order chi connectivity index (χ1) is 8.08. The lowest BCUT2D eigenvalue weighted by Crippen LogP contribution is -2.50. The molecule has 2 unspecified atom stereocenters. The van der Waals surface area contributed by atoms with Gasteiger partial charge in [-0.25, -0.2) is 9.59 Å².